The summed E-state index contributed by atoms with van der Waals surface area (Å²) >= 11 is 0. The lowest BCUT2D eigenvalue weighted by molar-refractivity contribution is -0.0457. The molecule has 7 nitrogen and oxygen atoms in total. The van der Waals surface area contributed by atoms with Crippen LogP contribution in [0.4, 0.5) is 0 Å². The Hall–Kier alpha value is -2.92. The van der Waals surface area contributed by atoms with Crippen molar-refractivity contribution in [2.75, 3.05) is 6.61 Å². The first-order valence-corrected chi connectivity index (χ1v) is 9.65. The molecule has 0 unspecified atom stereocenters. The van der Waals surface area contributed by atoms with Crippen molar-refractivity contribution in [1.29, 1.82) is 0 Å². The first-order valence-electron chi connectivity index (χ1n) is 9.65. The van der Waals surface area contributed by atoms with Crippen LogP contribution < -0.4 is 5.69 Å². The van der Waals surface area contributed by atoms with Gasteiger partial charge < -0.3 is 19.4 Å². The van der Waals surface area contributed by atoms with Gasteiger partial charge in [-0.3, -0.25) is 4.57 Å². The highest BCUT2D eigenvalue weighted by atomic mass is 16.5. The van der Waals surface area contributed by atoms with Crippen molar-refractivity contribution >= 4 is 11.1 Å². The Morgan fingerprint density at radius 2 is 2.07 bits per heavy atom. The van der Waals surface area contributed by atoms with Gasteiger partial charge in [0, 0.05) is 24.2 Å². The van der Waals surface area contributed by atoms with Crippen LogP contribution in [-0.4, -0.2) is 38.6 Å². The summed E-state index contributed by atoms with van der Waals surface area (Å²) in [5.41, 5.74) is 1.81. The highest BCUT2D eigenvalue weighted by Crippen LogP contribution is 2.28. The van der Waals surface area contributed by atoms with Crippen LogP contribution in [0, 0.1) is 11.8 Å². The van der Waals surface area contributed by atoms with E-state index in [-0.39, 0.29) is 18.7 Å². The van der Waals surface area contributed by atoms with Gasteiger partial charge in [0.25, 0.3) is 0 Å². The summed E-state index contributed by atoms with van der Waals surface area (Å²) in [6.45, 7) is 1.83. The van der Waals surface area contributed by atoms with Crippen LogP contribution in [0.1, 0.15) is 42.9 Å². The van der Waals surface area contributed by atoms with Gasteiger partial charge in [-0.25, -0.2) is 4.79 Å². The standard InChI is InChI=1S/C22H22N2O5/c1-2-3-14-4-6-15(7-5-14)8-9-17-10-16-12-24(22(27)23-21(16)28-17)20-11-18(26)19(13-25)29-20/h4-7,10,12,18-20,25-26H,2-3,11,13H2,1H3/t18-,19+,20+/m0/s1. The molecule has 3 atom stereocenters. The summed E-state index contributed by atoms with van der Waals surface area (Å²) in [6.07, 6.45) is 1.70. The van der Waals surface area contributed by atoms with Crippen LogP contribution in [0.15, 0.2) is 45.7 Å². The molecule has 1 aliphatic rings. The Bertz CT molecular complexity index is 1120. The number of furan rings is 1. The van der Waals surface area contributed by atoms with E-state index in [2.05, 4.69) is 35.9 Å². The number of fused-ring (bicyclic) bond motifs is 1. The molecule has 0 bridgehead atoms. The number of aliphatic hydroxyl groups excluding tert-OH is 2. The lowest BCUT2D eigenvalue weighted by Crippen LogP contribution is -2.27. The zero-order chi connectivity index (χ0) is 20.4. The highest BCUT2D eigenvalue weighted by Gasteiger charge is 2.35. The maximum absolute atomic E-state index is 12.3. The molecule has 0 aliphatic carbocycles. The lowest BCUT2D eigenvalue weighted by Gasteiger charge is -2.13. The largest absolute Gasteiger partial charge is 0.429 e. The zero-order valence-electron chi connectivity index (χ0n) is 16.0. The number of ether oxygens (including phenoxy) is 1. The second kappa shape index (κ2) is 8.21. The molecule has 2 aromatic heterocycles. The molecule has 0 saturated carbocycles. The number of hydrogen-bond donors (Lipinski definition) is 2. The normalized spacial score (nSPS) is 21.3. The molecule has 7 heteroatoms. The SMILES string of the molecule is CCCc1ccc(C#Cc2cc3cn([C@H]4C[C@H](O)[C@@H](CO)O4)c(=O)nc3o2)cc1. The maximum atomic E-state index is 12.3. The molecule has 0 spiro atoms. The van der Waals surface area contributed by atoms with Crippen LogP contribution in [-0.2, 0) is 11.2 Å². The van der Waals surface area contributed by atoms with E-state index >= 15 is 0 Å². The van der Waals surface area contributed by atoms with E-state index in [1.54, 1.807) is 12.3 Å². The van der Waals surface area contributed by atoms with Gasteiger partial charge in [0.1, 0.15) is 12.3 Å². The van der Waals surface area contributed by atoms with Gasteiger partial charge in [0.15, 0.2) is 5.76 Å². The van der Waals surface area contributed by atoms with E-state index in [9.17, 15) is 15.0 Å². The predicted octanol–water partition coefficient (Wildman–Crippen LogP) is 1.98. The summed E-state index contributed by atoms with van der Waals surface area (Å²) in [4.78, 5) is 16.3. The number of aryl methyl sites for hydroxylation is 1. The number of aliphatic hydroxyl groups is 2. The van der Waals surface area contributed by atoms with Crippen LogP contribution in [0.25, 0.3) is 11.1 Å². The Morgan fingerprint density at radius 3 is 2.76 bits per heavy atom. The van der Waals surface area contributed by atoms with Crippen LogP contribution in [0.3, 0.4) is 0 Å². The van der Waals surface area contributed by atoms with Crippen molar-refractivity contribution in [3.05, 3.63) is 63.9 Å². The first-order chi connectivity index (χ1) is 14.1. The Labute approximate surface area is 167 Å². The molecule has 0 amide bonds. The average Bonchev–Trinajstić information content (AvgIpc) is 3.29. The molecule has 2 N–H and O–H groups in total. The van der Waals surface area contributed by atoms with Crippen molar-refractivity contribution in [3.63, 3.8) is 0 Å². The number of hydrogen-bond acceptors (Lipinski definition) is 6. The third kappa shape index (κ3) is 4.10. The van der Waals surface area contributed by atoms with Gasteiger partial charge in [0.05, 0.1) is 18.1 Å². The van der Waals surface area contributed by atoms with Crippen molar-refractivity contribution in [2.45, 2.75) is 44.6 Å². The Kier molecular flexibility index (Phi) is 5.49. The van der Waals surface area contributed by atoms with E-state index in [0.717, 1.165) is 18.4 Å². The fourth-order valence-corrected chi connectivity index (χ4v) is 3.42. The minimum Gasteiger partial charge on any atom is -0.429 e. The molecule has 1 aliphatic heterocycles. The number of aromatic nitrogens is 2. The summed E-state index contributed by atoms with van der Waals surface area (Å²) < 4.78 is 12.4. The summed E-state index contributed by atoms with van der Waals surface area (Å²) in [7, 11) is 0. The van der Waals surface area contributed by atoms with Gasteiger partial charge in [-0.2, -0.15) is 4.98 Å². The molecule has 1 saturated heterocycles. The predicted molar refractivity (Wildman–Crippen MR) is 106 cm³/mol. The van der Waals surface area contributed by atoms with E-state index < -0.39 is 24.1 Å². The topological polar surface area (TPSA) is 97.7 Å². The van der Waals surface area contributed by atoms with Crippen LogP contribution >= 0.6 is 0 Å². The van der Waals surface area contributed by atoms with E-state index in [4.69, 9.17) is 9.15 Å². The Morgan fingerprint density at radius 1 is 1.28 bits per heavy atom. The molecule has 4 rings (SSSR count). The van der Waals surface area contributed by atoms with Crippen molar-refractivity contribution < 1.29 is 19.4 Å². The van der Waals surface area contributed by atoms with E-state index in [0.29, 0.717) is 11.1 Å². The summed E-state index contributed by atoms with van der Waals surface area (Å²) in [5.74, 6) is 6.42. The molecule has 1 aromatic carbocycles. The van der Waals surface area contributed by atoms with Gasteiger partial charge in [-0.15, -0.1) is 0 Å². The molecule has 3 heterocycles. The monoisotopic (exact) mass is 394 g/mol. The van der Waals surface area contributed by atoms with E-state index in [1.165, 1.54) is 10.1 Å². The second-order valence-corrected chi connectivity index (χ2v) is 7.11. The molecule has 150 valence electrons. The fraction of sp³-hybridized carbons (Fsp3) is 0.364. The second-order valence-electron chi connectivity index (χ2n) is 7.11. The summed E-state index contributed by atoms with van der Waals surface area (Å²) in [6, 6.07) is 9.80. The van der Waals surface area contributed by atoms with E-state index in [1.807, 2.05) is 12.1 Å². The van der Waals surface area contributed by atoms with Crippen molar-refractivity contribution in [3.8, 4) is 11.8 Å². The minimum atomic E-state index is -0.831. The van der Waals surface area contributed by atoms with Gasteiger partial charge in [-0.1, -0.05) is 31.4 Å². The highest BCUT2D eigenvalue weighted by molar-refractivity contribution is 5.74. The smallest absolute Gasteiger partial charge is 0.353 e. The quantitative estimate of drug-likeness (QED) is 0.657. The molecule has 0 radical (unpaired) electrons. The van der Waals surface area contributed by atoms with Gasteiger partial charge in [-0.05, 0) is 30.0 Å². The van der Waals surface area contributed by atoms with Gasteiger partial charge in [0.2, 0.25) is 5.71 Å². The molecular weight excluding hydrogens is 372 g/mol. The summed E-state index contributed by atoms with van der Waals surface area (Å²) in [5, 5.41) is 19.7. The number of nitrogens with zero attached hydrogens (tertiary/aromatic N) is 2. The maximum Gasteiger partial charge on any atom is 0.353 e. The minimum absolute atomic E-state index is 0.200. The molecule has 29 heavy (non-hydrogen) atoms. The average molecular weight is 394 g/mol. The van der Waals surface area contributed by atoms with Crippen LogP contribution in [0.5, 0.6) is 0 Å². The van der Waals surface area contributed by atoms with Crippen LogP contribution in [0.2, 0.25) is 0 Å². The third-order valence-corrected chi connectivity index (χ3v) is 4.95. The number of rotatable bonds is 4. The third-order valence-electron chi connectivity index (χ3n) is 4.95. The van der Waals surface area contributed by atoms with Gasteiger partial charge >= 0.3 is 5.69 Å². The molecule has 3 aromatic rings. The lowest BCUT2D eigenvalue weighted by atomic mass is 10.1. The van der Waals surface area contributed by atoms with Crippen molar-refractivity contribution in [1.82, 2.24) is 9.55 Å². The molecular formula is C22H22N2O5. The molecule has 1 fully saturated rings. The number of benzene rings is 1. The fourth-order valence-electron chi connectivity index (χ4n) is 3.42. The first kappa shape index (κ1) is 19.4. The van der Waals surface area contributed by atoms with Crippen molar-refractivity contribution in [2.24, 2.45) is 0 Å². The zero-order valence-corrected chi connectivity index (χ0v) is 16.0. The Balaban J connectivity index is 1.58.